The molecule has 0 aliphatic rings. The molecule has 0 amide bonds. The zero-order chi connectivity index (χ0) is 14.8. The Balaban J connectivity index is 2.29. The Morgan fingerprint density at radius 1 is 1.14 bits per heavy atom. The minimum atomic E-state index is -0.313. The molecule has 0 fully saturated rings. The van der Waals surface area contributed by atoms with Crippen LogP contribution in [-0.2, 0) is 6.61 Å². The molecule has 0 aliphatic heterocycles. The van der Waals surface area contributed by atoms with Crippen molar-refractivity contribution in [2.45, 2.75) is 6.61 Å². The topological polar surface area (TPSA) is 64.3 Å². The fourth-order valence-electron chi connectivity index (χ4n) is 2.28. The highest BCUT2D eigenvalue weighted by Gasteiger charge is 2.11. The van der Waals surface area contributed by atoms with Crippen molar-refractivity contribution in [1.82, 2.24) is 9.55 Å². The van der Waals surface area contributed by atoms with E-state index in [1.54, 1.807) is 49.6 Å². The van der Waals surface area contributed by atoms with E-state index in [0.717, 1.165) is 0 Å². The van der Waals surface area contributed by atoms with Crippen molar-refractivity contribution in [3.8, 4) is 11.4 Å². The van der Waals surface area contributed by atoms with Gasteiger partial charge < -0.3 is 9.84 Å². The third-order valence-electron chi connectivity index (χ3n) is 3.32. The summed E-state index contributed by atoms with van der Waals surface area (Å²) in [6, 6.07) is 14.1. The van der Waals surface area contributed by atoms with E-state index in [1.807, 2.05) is 6.07 Å². The highest BCUT2D eigenvalue weighted by atomic mass is 16.5. The molecule has 0 bridgehead atoms. The van der Waals surface area contributed by atoms with Gasteiger partial charge in [0.25, 0.3) is 5.56 Å². The van der Waals surface area contributed by atoms with E-state index < -0.39 is 0 Å². The minimum absolute atomic E-state index is 0.199. The minimum Gasteiger partial charge on any atom is -0.497 e. The molecule has 3 rings (SSSR count). The number of aliphatic hydroxyl groups excluding tert-OH is 1. The Morgan fingerprint density at radius 3 is 2.52 bits per heavy atom. The molecule has 3 aromatic rings. The molecule has 1 N–H and O–H groups in total. The van der Waals surface area contributed by atoms with Crippen molar-refractivity contribution >= 4 is 10.9 Å². The van der Waals surface area contributed by atoms with Gasteiger partial charge in [-0.05, 0) is 36.4 Å². The van der Waals surface area contributed by atoms with Gasteiger partial charge in [-0.2, -0.15) is 0 Å². The largest absolute Gasteiger partial charge is 0.497 e. The van der Waals surface area contributed by atoms with E-state index in [4.69, 9.17) is 4.74 Å². The summed E-state index contributed by atoms with van der Waals surface area (Å²) < 4.78 is 6.53. The second kappa shape index (κ2) is 5.38. The second-order valence-electron chi connectivity index (χ2n) is 4.54. The fourth-order valence-corrected chi connectivity index (χ4v) is 2.28. The molecular formula is C16H14N2O3. The number of methoxy groups -OCH3 is 1. The molecule has 1 aromatic heterocycles. The molecule has 0 saturated carbocycles. The molecule has 5 heteroatoms. The predicted octanol–water partition coefficient (Wildman–Crippen LogP) is 1.89. The Labute approximate surface area is 121 Å². The van der Waals surface area contributed by atoms with Crippen molar-refractivity contribution < 1.29 is 9.84 Å². The lowest BCUT2D eigenvalue weighted by Crippen LogP contribution is -2.23. The van der Waals surface area contributed by atoms with Crippen LogP contribution in [0.1, 0.15) is 5.82 Å². The van der Waals surface area contributed by atoms with Crippen LogP contribution in [0.2, 0.25) is 0 Å². The Bertz CT molecular complexity index is 838. The van der Waals surface area contributed by atoms with Crippen LogP contribution >= 0.6 is 0 Å². The van der Waals surface area contributed by atoms with Crippen molar-refractivity contribution in [2.75, 3.05) is 7.11 Å². The van der Waals surface area contributed by atoms with Gasteiger partial charge in [0.1, 0.15) is 18.2 Å². The van der Waals surface area contributed by atoms with Crippen LogP contribution in [0.25, 0.3) is 16.6 Å². The first-order chi connectivity index (χ1) is 10.2. The van der Waals surface area contributed by atoms with E-state index in [-0.39, 0.29) is 12.2 Å². The molecule has 5 nitrogen and oxygen atoms in total. The van der Waals surface area contributed by atoms with Crippen LogP contribution in [0.5, 0.6) is 5.75 Å². The van der Waals surface area contributed by atoms with Gasteiger partial charge in [0, 0.05) is 0 Å². The summed E-state index contributed by atoms with van der Waals surface area (Å²) in [6.07, 6.45) is 0. The molecule has 0 radical (unpaired) electrons. The van der Waals surface area contributed by atoms with Gasteiger partial charge in [0.15, 0.2) is 0 Å². The summed E-state index contributed by atoms with van der Waals surface area (Å²) in [4.78, 5) is 17.0. The Morgan fingerprint density at radius 2 is 1.86 bits per heavy atom. The molecule has 0 aliphatic carbocycles. The first kappa shape index (κ1) is 13.3. The standard InChI is InChI=1S/C16H14N2O3/c1-21-12-8-6-11(7-9-12)18-15(10-19)17-14-5-3-2-4-13(14)16(18)20/h2-9,19H,10H2,1H3. The number of hydrogen-bond acceptors (Lipinski definition) is 4. The summed E-state index contributed by atoms with van der Waals surface area (Å²) >= 11 is 0. The SMILES string of the molecule is COc1ccc(-n2c(CO)nc3ccccc3c2=O)cc1. The first-order valence-corrected chi connectivity index (χ1v) is 6.50. The third kappa shape index (κ3) is 2.28. The molecule has 0 spiro atoms. The lowest BCUT2D eigenvalue weighted by atomic mass is 10.2. The molecule has 2 aromatic carbocycles. The zero-order valence-electron chi connectivity index (χ0n) is 11.5. The summed E-state index contributed by atoms with van der Waals surface area (Å²) in [5.41, 5.74) is 1.02. The van der Waals surface area contributed by atoms with Crippen LogP contribution in [0.3, 0.4) is 0 Å². The van der Waals surface area contributed by atoms with Crippen LogP contribution in [0.4, 0.5) is 0 Å². The number of nitrogens with zero attached hydrogens (tertiary/aromatic N) is 2. The van der Waals surface area contributed by atoms with Crippen LogP contribution in [-0.4, -0.2) is 21.8 Å². The number of ether oxygens (including phenoxy) is 1. The normalized spacial score (nSPS) is 10.8. The van der Waals surface area contributed by atoms with Gasteiger partial charge in [0.05, 0.1) is 23.7 Å². The lowest BCUT2D eigenvalue weighted by Gasteiger charge is -2.12. The molecule has 0 atom stereocenters. The Hall–Kier alpha value is -2.66. The smallest absolute Gasteiger partial charge is 0.266 e. The van der Waals surface area contributed by atoms with Crippen molar-refractivity contribution in [3.63, 3.8) is 0 Å². The third-order valence-corrected chi connectivity index (χ3v) is 3.32. The quantitative estimate of drug-likeness (QED) is 0.796. The van der Waals surface area contributed by atoms with E-state index in [0.29, 0.717) is 28.2 Å². The molecule has 106 valence electrons. The summed E-state index contributed by atoms with van der Waals surface area (Å²) in [7, 11) is 1.58. The predicted molar refractivity (Wildman–Crippen MR) is 79.8 cm³/mol. The molecule has 0 saturated heterocycles. The highest BCUT2D eigenvalue weighted by molar-refractivity contribution is 5.77. The highest BCUT2D eigenvalue weighted by Crippen LogP contribution is 2.16. The molecular weight excluding hydrogens is 268 g/mol. The van der Waals surface area contributed by atoms with Gasteiger partial charge in [-0.15, -0.1) is 0 Å². The van der Waals surface area contributed by atoms with Crippen molar-refractivity contribution in [3.05, 3.63) is 64.7 Å². The molecule has 21 heavy (non-hydrogen) atoms. The number of fused-ring (bicyclic) bond motifs is 1. The fraction of sp³-hybridized carbons (Fsp3) is 0.125. The van der Waals surface area contributed by atoms with Crippen LogP contribution < -0.4 is 10.3 Å². The maximum atomic E-state index is 12.6. The number of aliphatic hydroxyl groups is 1. The summed E-state index contributed by atoms with van der Waals surface area (Å²) in [5, 5.41) is 10.0. The number of benzene rings is 2. The van der Waals surface area contributed by atoms with Crippen LogP contribution in [0, 0.1) is 0 Å². The van der Waals surface area contributed by atoms with E-state index in [9.17, 15) is 9.90 Å². The second-order valence-corrected chi connectivity index (χ2v) is 4.54. The Kier molecular flexibility index (Phi) is 3.41. The first-order valence-electron chi connectivity index (χ1n) is 6.50. The van der Waals surface area contributed by atoms with E-state index >= 15 is 0 Å². The summed E-state index contributed by atoms with van der Waals surface area (Å²) in [6.45, 7) is -0.313. The van der Waals surface area contributed by atoms with E-state index in [1.165, 1.54) is 4.57 Å². The van der Waals surface area contributed by atoms with Gasteiger partial charge in [-0.25, -0.2) is 4.98 Å². The van der Waals surface area contributed by atoms with Gasteiger partial charge in [0.2, 0.25) is 0 Å². The number of para-hydroxylation sites is 1. The maximum Gasteiger partial charge on any atom is 0.266 e. The summed E-state index contributed by atoms with van der Waals surface area (Å²) in [5.74, 6) is 1.01. The van der Waals surface area contributed by atoms with Gasteiger partial charge >= 0.3 is 0 Å². The average Bonchev–Trinajstić information content (AvgIpc) is 2.55. The number of aromatic nitrogens is 2. The zero-order valence-corrected chi connectivity index (χ0v) is 11.5. The van der Waals surface area contributed by atoms with Gasteiger partial charge in [-0.3, -0.25) is 9.36 Å². The molecule has 1 heterocycles. The maximum absolute atomic E-state index is 12.6. The van der Waals surface area contributed by atoms with Gasteiger partial charge in [-0.1, -0.05) is 12.1 Å². The number of hydrogen-bond donors (Lipinski definition) is 1. The van der Waals surface area contributed by atoms with Crippen LogP contribution in [0.15, 0.2) is 53.3 Å². The van der Waals surface area contributed by atoms with Crippen molar-refractivity contribution in [2.24, 2.45) is 0 Å². The average molecular weight is 282 g/mol. The monoisotopic (exact) mass is 282 g/mol. The lowest BCUT2D eigenvalue weighted by molar-refractivity contribution is 0.268. The van der Waals surface area contributed by atoms with Crippen molar-refractivity contribution in [1.29, 1.82) is 0 Å². The molecule has 0 unspecified atom stereocenters. The number of rotatable bonds is 3. The van der Waals surface area contributed by atoms with E-state index in [2.05, 4.69) is 4.98 Å².